The number of hydrogen-bond donors (Lipinski definition) is 4. The van der Waals surface area contributed by atoms with Gasteiger partial charge in [-0.1, -0.05) is 25.0 Å². The number of aromatic nitrogens is 1. The van der Waals surface area contributed by atoms with Crippen LogP contribution in [-0.2, 0) is 59.0 Å². The van der Waals surface area contributed by atoms with Crippen molar-refractivity contribution in [3.05, 3.63) is 69.4 Å². The minimum Gasteiger partial charge on any atom is -0.494 e. The highest BCUT2D eigenvalue weighted by Gasteiger charge is 2.46. The van der Waals surface area contributed by atoms with Crippen LogP contribution in [0.1, 0.15) is 80.6 Å². The summed E-state index contributed by atoms with van der Waals surface area (Å²) in [5, 5.41) is 18.2. The Hall–Kier alpha value is -7.15. The zero-order valence-corrected chi connectivity index (χ0v) is 57.4. The highest BCUT2D eigenvalue weighted by atomic mass is 127. The number of aliphatic carboxylic acids is 1. The van der Waals surface area contributed by atoms with Crippen molar-refractivity contribution in [1.82, 2.24) is 60.1 Å². The summed E-state index contributed by atoms with van der Waals surface area (Å²) in [6, 6.07) is 13.3. The van der Waals surface area contributed by atoms with Gasteiger partial charge < -0.3 is 45.1 Å². The number of ether oxygens (including phenoxy) is 3. The van der Waals surface area contributed by atoms with Crippen LogP contribution in [0.25, 0.3) is 10.9 Å². The van der Waals surface area contributed by atoms with Crippen molar-refractivity contribution in [3.63, 3.8) is 0 Å². The molecule has 524 valence electrons. The number of carboxylic acid groups (broad SMARTS) is 1. The number of hydrogen-bond acceptors (Lipinski definition) is 20. The lowest BCUT2D eigenvalue weighted by Gasteiger charge is -2.36. The number of carbonyl (C=O) groups is 10. The van der Waals surface area contributed by atoms with Crippen molar-refractivity contribution in [2.75, 3.05) is 150 Å². The highest BCUT2D eigenvalue weighted by molar-refractivity contribution is 14.1. The van der Waals surface area contributed by atoms with E-state index in [1.54, 1.807) is 34.9 Å². The van der Waals surface area contributed by atoms with Crippen molar-refractivity contribution in [2.24, 2.45) is 5.92 Å². The number of piperazine rings is 1. The van der Waals surface area contributed by atoms with Crippen molar-refractivity contribution in [1.29, 1.82) is 0 Å². The molecule has 0 bridgehead atoms. The fourth-order valence-electron chi connectivity index (χ4n) is 11.9. The predicted molar refractivity (Wildman–Crippen MR) is 361 cm³/mol. The SMILES string of the molecule is C#C[C@H]1CC(F)(F)CN1C(=O)CNC(=O)c1ccnc2ccc(OCCCCN3CCN(C(=O)[C@H](C)CN4C(=O)CC(SC[C@H](CCCCNC(=O)CCCc5ccc(I)cc5)NC(=O)CN5CCN(COC=O)CCN(COC=O)CCN(CC(=O)O)CC5)C4=O)CC3)cc12. The zero-order chi connectivity index (χ0) is 69.0. The standard InChI is InChI=1S/C66H89F2IN12O14S/c1-3-52-37-66(67,68)43-81(52)61(87)38-72-63(90)54-18-20-70-56-17-16-53(35-55(54)56)95-34-7-6-21-74-30-32-79(33-31-74)64(91)48(2)39-80-60(86)36-57(65(80)92)96-42-51(10-4-5-19-71-58(84)11-8-9-49-12-14-50(69)15-13-49)73-59(85)40-75-22-23-76(41-62(88)89)25-27-78(45-94-47-83)29-28-77(26-24-75)44-93-46-82/h1,12-18,20,35,46-48,51-52,57H,4-11,19,21-34,36-45H2,2H3,(H,71,84)(H,72,90)(H,73,85)(H,88,89)/t48-,51+,52+,57?/m1/s1. The van der Waals surface area contributed by atoms with Crippen LogP contribution in [0.3, 0.4) is 0 Å². The topological polar surface area (TPSA) is 294 Å². The van der Waals surface area contributed by atoms with Crippen LogP contribution in [0.2, 0.25) is 0 Å². The molecular formula is C66H89F2IN12O14S. The Morgan fingerprint density at radius 2 is 1.47 bits per heavy atom. The molecule has 4 aliphatic heterocycles. The lowest BCUT2D eigenvalue weighted by atomic mass is 10.1. The Morgan fingerprint density at radius 1 is 0.812 bits per heavy atom. The monoisotopic (exact) mass is 1470 g/mol. The molecule has 0 radical (unpaired) electrons. The third-order valence-corrected chi connectivity index (χ3v) is 19.4. The number of terminal acetylenes is 1. The molecule has 26 nitrogen and oxygen atoms in total. The van der Waals surface area contributed by atoms with Crippen molar-refractivity contribution < 1.29 is 76.0 Å². The Labute approximate surface area is 576 Å². The van der Waals surface area contributed by atoms with Gasteiger partial charge in [0.1, 0.15) is 19.2 Å². The number of thioether (sulfide) groups is 1. The van der Waals surface area contributed by atoms with Crippen LogP contribution in [0.5, 0.6) is 5.75 Å². The summed E-state index contributed by atoms with van der Waals surface area (Å²) in [6.45, 7) is 7.30. The summed E-state index contributed by atoms with van der Waals surface area (Å²) in [4.78, 5) is 146. The molecule has 30 heteroatoms. The minimum atomic E-state index is -3.10. The number of imide groups is 1. The maximum absolute atomic E-state index is 14.1. The van der Waals surface area contributed by atoms with Crippen LogP contribution in [0.15, 0.2) is 54.7 Å². The maximum atomic E-state index is 14.1. The number of carboxylic acids is 1. The molecule has 4 aliphatic rings. The maximum Gasteiger partial charge on any atom is 0.317 e. The van der Waals surface area contributed by atoms with Gasteiger partial charge in [0.15, 0.2) is 0 Å². The van der Waals surface area contributed by atoms with E-state index in [0.29, 0.717) is 160 Å². The molecule has 0 saturated carbocycles. The first-order chi connectivity index (χ1) is 46.2. The van der Waals surface area contributed by atoms with E-state index in [1.165, 1.54) is 28.9 Å². The third kappa shape index (κ3) is 25.1. The first kappa shape index (κ1) is 76.2. The molecule has 4 atom stereocenters. The molecule has 4 N–H and O–H groups in total. The fraction of sp³-hybridized carbons (Fsp3) is 0.591. The Balaban J connectivity index is 0.863. The number of aryl methyl sites for hydroxylation is 1. The number of carbonyl (C=O) groups excluding carboxylic acids is 9. The van der Waals surface area contributed by atoms with E-state index in [2.05, 4.69) is 66.5 Å². The number of nitrogens with zero attached hydrogens (tertiary/aromatic N) is 9. The largest absolute Gasteiger partial charge is 0.494 e. The van der Waals surface area contributed by atoms with E-state index in [1.807, 2.05) is 26.8 Å². The number of halogens is 3. The van der Waals surface area contributed by atoms with Gasteiger partial charge >= 0.3 is 5.97 Å². The summed E-state index contributed by atoms with van der Waals surface area (Å²) in [5.41, 5.74) is 1.91. The number of alkyl halides is 2. The van der Waals surface area contributed by atoms with Gasteiger partial charge in [-0.3, -0.25) is 82.3 Å². The van der Waals surface area contributed by atoms with Crippen molar-refractivity contribution >= 4 is 106 Å². The van der Waals surface area contributed by atoms with Gasteiger partial charge in [0.05, 0.1) is 61.1 Å². The Morgan fingerprint density at radius 3 is 2.12 bits per heavy atom. The van der Waals surface area contributed by atoms with Gasteiger partial charge in [-0.05, 0) is 116 Å². The molecule has 0 aliphatic carbocycles. The number of unbranched alkanes of at least 4 members (excludes halogenated alkanes) is 2. The summed E-state index contributed by atoms with van der Waals surface area (Å²) < 4.78 is 45.3. The number of likely N-dealkylation sites (tertiary alicyclic amines) is 2. The molecule has 7 amide bonds. The van der Waals surface area contributed by atoms with Crippen LogP contribution in [0, 0.1) is 21.8 Å². The highest BCUT2D eigenvalue weighted by Crippen LogP contribution is 2.32. The van der Waals surface area contributed by atoms with Crippen molar-refractivity contribution in [2.45, 2.75) is 94.4 Å². The number of amides is 7. The summed E-state index contributed by atoms with van der Waals surface area (Å²) in [6.07, 6.45) is 11.3. The van der Waals surface area contributed by atoms with Crippen LogP contribution >= 0.6 is 34.4 Å². The molecule has 2 aromatic carbocycles. The molecule has 96 heavy (non-hydrogen) atoms. The second-order valence-corrected chi connectivity index (χ2v) is 27.0. The third-order valence-electron chi connectivity index (χ3n) is 17.3. The molecule has 4 saturated heterocycles. The number of fused-ring (bicyclic) bond motifs is 1. The molecule has 3 aromatic rings. The van der Waals surface area contributed by atoms with Crippen LogP contribution < -0.4 is 20.7 Å². The van der Waals surface area contributed by atoms with E-state index in [4.69, 9.17) is 20.6 Å². The summed E-state index contributed by atoms with van der Waals surface area (Å²) in [5.74, 6) is -4.35. The smallest absolute Gasteiger partial charge is 0.317 e. The quantitative estimate of drug-likeness (QED) is 0.0216. The van der Waals surface area contributed by atoms with E-state index in [0.717, 1.165) is 33.4 Å². The lowest BCUT2D eigenvalue weighted by Crippen LogP contribution is -2.51. The first-order valence-electron chi connectivity index (χ1n) is 32.6. The number of rotatable bonds is 35. The van der Waals surface area contributed by atoms with Gasteiger partial charge in [-0.25, -0.2) is 8.78 Å². The minimum absolute atomic E-state index is 0.00850. The van der Waals surface area contributed by atoms with E-state index in [9.17, 15) is 61.8 Å². The van der Waals surface area contributed by atoms with E-state index < -0.39 is 72.4 Å². The molecule has 4 fully saturated rings. The van der Waals surface area contributed by atoms with Gasteiger partial charge in [-0.2, -0.15) is 0 Å². The van der Waals surface area contributed by atoms with Gasteiger partial charge in [0.2, 0.25) is 35.4 Å². The molecule has 1 aromatic heterocycles. The Kier molecular flexibility index (Phi) is 31.2. The molecule has 5 heterocycles. The van der Waals surface area contributed by atoms with Crippen LogP contribution in [0.4, 0.5) is 8.78 Å². The number of benzene rings is 2. The lowest BCUT2D eigenvalue weighted by molar-refractivity contribution is -0.143. The van der Waals surface area contributed by atoms with Crippen LogP contribution in [-0.4, -0.2) is 283 Å². The molecule has 1 unspecified atom stereocenters. The predicted octanol–water partition coefficient (Wildman–Crippen LogP) is 2.60. The molecule has 0 spiro atoms. The molecular weight excluding hydrogens is 1380 g/mol. The zero-order valence-electron chi connectivity index (χ0n) is 54.4. The number of pyridine rings is 1. The Bertz CT molecular complexity index is 3160. The number of nitrogens with one attached hydrogen (secondary N) is 3. The second-order valence-electron chi connectivity index (χ2n) is 24.5. The average Bonchev–Trinajstić information content (AvgIpc) is 1.55. The normalized spacial score (nSPS) is 19.3. The van der Waals surface area contributed by atoms with Gasteiger partial charge in [0, 0.05) is 138 Å². The molecule has 7 rings (SSSR count). The van der Waals surface area contributed by atoms with Gasteiger partial charge in [0.25, 0.3) is 24.8 Å². The fourth-order valence-corrected chi connectivity index (χ4v) is 13.5. The average molecular weight is 1470 g/mol. The first-order valence-corrected chi connectivity index (χ1v) is 34.8. The van der Waals surface area contributed by atoms with E-state index >= 15 is 0 Å². The van der Waals surface area contributed by atoms with E-state index in [-0.39, 0.29) is 74.5 Å². The van der Waals surface area contributed by atoms with Crippen molar-refractivity contribution in [3.8, 4) is 18.1 Å². The summed E-state index contributed by atoms with van der Waals surface area (Å²) >= 11 is 3.53. The summed E-state index contributed by atoms with van der Waals surface area (Å²) in [7, 11) is 0. The van der Waals surface area contributed by atoms with Gasteiger partial charge in [-0.15, -0.1) is 18.2 Å². The second kappa shape index (κ2) is 39.3.